The van der Waals surface area contributed by atoms with E-state index in [9.17, 15) is 4.79 Å². The molecule has 0 bridgehead atoms. The van der Waals surface area contributed by atoms with Crippen LogP contribution < -0.4 is 5.73 Å². The topological polar surface area (TPSA) is 71.6 Å². The Morgan fingerprint density at radius 1 is 1.26 bits per heavy atom. The number of aryl methyl sites for hydroxylation is 1. The number of nitrogens with zero attached hydrogens (tertiary/aromatic N) is 3. The highest BCUT2D eigenvalue weighted by atomic mass is 16.2. The summed E-state index contributed by atoms with van der Waals surface area (Å²) in [5.74, 6) is 0.340. The normalized spacial score (nSPS) is 19.1. The summed E-state index contributed by atoms with van der Waals surface area (Å²) in [7, 11) is 1.70. The van der Waals surface area contributed by atoms with Gasteiger partial charge in [-0.1, -0.05) is 12.1 Å². The second kappa shape index (κ2) is 4.05. The molecule has 1 aliphatic rings. The van der Waals surface area contributed by atoms with Crippen LogP contribution in [0.2, 0.25) is 0 Å². The molecule has 0 saturated heterocycles. The number of carbonyl (C=O) groups excluding carboxylic acids is 1. The van der Waals surface area contributed by atoms with Crippen molar-refractivity contribution in [2.24, 2.45) is 10.7 Å². The quantitative estimate of drug-likeness (QED) is 0.846. The van der Waals surface area contributed by atoms with Gasteiger partial charge in [0.15, 0.2) is 0 Å². The predicted molar refractivity (Wildman–Crippen MR) is 74.0 cm³/mol. The van der Waals surface area contributed by atoms with Gasteiger partial charge in [0, 0.05) is 18.1 Å². The van der Waals surface area contributed by atoms with Crippen molar-refractivity contribution in [2.45, 2.75) is 13.0 Å². The van der Waals surface area contributed by atoms with Crippen LogP contribution in [0.25, 0.3) is 10.9 Å². The molecule has 1 unspecified atom stereocenters. The average Bonchev–Trinajstić information content (AvgIpc) is 2.63. The highest BCUT2D eigenvalue weighted by Crippen LogP contribution is 2.27. The fourth-order valence-electron chi connectivity index (χ4n) is 2.37. The van der Waals surface area contributed by atoms with E-state index in [-0.39, 0.29) is 12.1 Å². The maximum atomic E-state index is 11.5. The summed E-state index contributed by atoms with van der Waals surface area (Å²) in [6, 6.07) is 9.30. The molecule has 1 atom stereocenters. The number of amidine groups is 1. The van der Waals surface area contributed by atoms with Crippen molar-refractivity contribution >= 4 is 22.8 Å². The zero-order chi connectivity index (χ0) is 13.6. The van der Waals surface area contributed by atoms with Crippen molar-refractivity contribution in [1.29, 1.82) is 0 Å². The van der Waals surface area contributed by atoms with E-state index in [0.717, 1.165) is 22.2 Å². The van der Waals surface area contributed by atoms with Crippen LogP contribution in [0, 0.1) is 6.92 Å². The van der Waals surface area contributed by atoms with E-state index in [1.165, 1.54) is 4.90 Å². The largest absolute Gasteiger partial charge is 0.385 e. The smallest absolute Gasteiger partial charge is 0.345 e. The first-order valence-corrected chi connectivity index (χ1v) is 6.04. The first kappa shape index (κ1) is 11.6. The first-order valence-electron chi connectivity index (χ1n) is 6.04. The number of hydrogen-bond donors (Lipinski definition) is 1. The molecule has 0 radical (unpaired) electrons. The molecule has 0 spiro atoms. The van der Waals surface area contributed by atoms with Crippen LogP contribution in [0.1, 0.15) is 17.3 Å². The monoisotopic (exact) mass is 254 g/mol. The minimum absolute atomic E-state index is 0.279. The lowest BCUT2D eigenvalue weighted by Crippen LogP contribution is -2.30. The molecule has 96 valence electrons. The van der Waals surface area contributed by atoms with Gasteiger partial charge in [0.05, 0.1) is 5.52 Å². The minimum atomic E-state index is -0.301. The molecule has 2 aromatic rings. The van der Waals surface area contributed by atoms with Crippen LogP contribution in [-0.2, 0) is 0 Å². The molecule has 5 nitrogen and oxygen atoms in total. The van der Waals surface area contributed by atoms with E-state index < -0.39 is 0 Å². The average molecular weight is 254 g/mol. The molecule has 3 rings (SSSR count). The molecule has 0 aliphatic carbocycles. The van der Waals surface area contributed by atoms with E-state index in [1.807, 2.05) is 37.3 Å². The van der Waals surface area contributed by atoms with Crippen molar-refractivity contribution in [3.05, 3.63) is 41.6 Å². The third-order valence-electron chi connectivity index (χ3n) is 3.36. The van der Waals surface area contributed by atoms with Gasteiger partial charge in [0.25, 0.3) is 0 Å². The Balaban J connectivity index is 2.09. The van der Waals surface area contributed by atoms with Gasteiger partial charge in [-0.05, 0) is 30.7 Å². The molecule has 1 aromatic carbocycles. The third kappa shape index (κ3) is 1.83. The van der Waals surface area contributed by atoms with Crippen LogP contribution in [0.4, 0.5) is 4.79 Å². The molecule has 0 saturated carbocycles. The zero-order valence-electron chi connectivity index (χ0n) is 10.8. The van der Waals surface area contributed by atoms with Crippen LogP contribution in [0.5, 0.6) is 0 Å². The van der Waals surface area contributed by atoms with E-state index in [1.54, 1.807) is 7.05 Å². The molecular formula is C14H14N4O. The molecule has 0 fully saturated rings. The second-order valence-electron chi connectivity index (χ2n) is 4.74. The van der Waals surface area contributed by atoms with E-state index in [4.69, 9.17) is 5.73 Å². The SMILES string of the molecule is Cc1ccc2cc(C3C(N)=NC(=O)N3C)ccc2n1. The van der Waals surface area contributed by atoms with Gasteiger partial charge in [-0.2, -0.15) is 4.99 Å². The fraction of sp³-hybridized carbons (Fsp3) is 0.214. The number of benzene rings is 1. The number of hydrogen-bond acceptors (Lipinski definition) is 3. The Labute approximate surface area is 110 Å². The summed E-state index contributed by atoms with van der Waals surface area (Å²) in [5.41, 5.74) is 8.70. The van der Waals surface area contributed by atoms with Crippen molar-refractivity contribution in [1.82, 2.24) is 9.88 Å². The lowest BCUT2D eigenvalue weighted by molar-refractivity contribution is 0.219. The van der Waals surface area contributed by atoms with Gasteiger partial charge in [-0.3, -0.25) is 4.98 Å². The van der Waals surface area contributed by atoms with Crippen LogP contribution in [-0.4, -0.2) is 28.8 Å². The van der Waals surface area contributed by atoms with Crippen LogP contribution in [0.3, 0.4) is 0 Å². The number of fused-ring (bicyclic) bond motifs is 1. The summed E-state index contributed by atoms with van der Waals surface area (Å²) < 4.78 is 0. The van der Waals surface area contributed by atoms with E-state index >= 15 is 0 Å². The molecule has 2 N–H and O–H groups in total. The molecular weight excluding hydrogens is 240 g/mol. The minimum Gasteiger partial charge on any atom is -0.385 e. The van der Waals surface area contributed by atoms with Gasteiger partial charge >= 0.3 is 6.03 Å². The van der Waals surface area contributed by atoms with Crippen molar-refractivity contribution in [2.75, 3.05) is 7.05 Å². The molecule has 2 amide bonds. The molecule has 19 heavy (non-hydrogen) atoms. The standard InChI is InChI=1S/C14H14N4O/c1-8-3-4-9-7-10(5-6-11(9)16-8)12-13(15)17-14(19)18(12)2/h3-7,12H,1-2H3,(H2,15,17,19). The number of carbonyl (C=O) groups is 1. The third-order valence-corrected chi connectivity index (χ3v) is 3.36. The van der Waals surface area contributed by atoms with Gasteiger partial charge in [-0.15, -0.1) is 0 Å². The predicted octanol–water partition coefficient (Wildman–Crippen LogP) is 2.01. The molecule has 5 heteroatoms. The number of aromatic nitrogens is 1. The number of amides is 2. The number of aliphatic imine (C=N–C) groups is 1. The Bertz CT molecular complexity index is 708. The lowest BCUT2D eigenvalue weighted by Gasteiger charge is -2.20. The fourth-order valence-corrected chi connectivity index (χ4v) is 2.37. The van der Waals surface area contributed by atoms with Crippen molar-refractivity contribution in [3.63, 3.8) is 0 Å². The highest BCUT2D eigenvalue weighted by Gasteiger charge is 2.31. The Morgan fingerprint density at radius 3 is 2.74 bits per heavy atom. The number of likely N-dealkylation sites (N-methyl/N-ethyl adjacent to an activating group) is 1. The maximum Gasteiger partial charge on any atom is 0.345 e. The zero-order valence-corrected chi connectivity index (χ0v) is 10.8. The summed E-state index contributed by atoms with van der Waals surface area (Å²) in [4.78, 5) is 21.3. The van der Waals surface area contributed by atoms with E-state index in [0.29, 0.717) is 5.84 Å². The van der Waals surface area contributed by atoms with Gasteiger partial charge in [-0.25, -0.2) is 4.79 Å². The molecule has 1 aliphatic heterocycles. The first-order chi connectivity index (χ1) is 9.06. The summed E-state index contributed by atoms with van der Waals surface area (Å²) in [6.45, 7) is 1.96. The van der Waals surface area contributed by atoms with Gasteiger partial charge in [0.1, 0.15) is 11.9 Å². The lowest BCUT2D eigenvalue weighted by atomic mass is 10.0. The summed E-state index contributed by atoms with van der Waals surface area (Å²) >= 11 is 0. The van der Waals surface area contributed by atoms with Gasteiger partial charge < -0.3 is 10.6 Å². The molecule has 2 heterocycles. The number of urea groups is 1. The maximum absolute atomic E-state index is 11.5. The van der Waals surface area contributed by atoms with Crippen molar-refractivity contribution < 1.29 is 4.79 Å². The van der Waals surface area contributed by atoms with Gasteiger partial charge in [0.2, 0.25) is 0 Å². The number of rotatable bonds is 1. The summed E-state index contributed by atoms with van der Waals surface area (Å²) in [5, 5.41) is 1.03. The molecule has 1 aromatic heterocycles. The van der Waals surface area contributed by atoms with Crippen LogP contribution >= 0.6 is 0 Å². The highest BCUT2D eigenvalue weighted by molar-refractivity contribution is 6.03. The Morgan fingerprint density at radius 2 is 2.05 bits per heavy atom. The summed E-state index contributed by atoms with van der Waals surface area (Å²) in [6.07, 6.45) is 0. The van der Waals surface area contributed by atoms with Crippen LogP contribution in [0.15, 0.2) is 35.3 Å². The Hall–Kier alpha value is -2.43. The number of nitrogens with two attached hydrogens (primary N) is 1. The van der Waals surface area contributed by atoms with Crippen molar-refractivity contribution in [3.8, 4) is 0 Å². The Kier molecular flexibility index (Phi) is 2.48. The number of pyridine rings is 1. The van der Waals surface area contributed by atoms with E-state index in [2.05, 4.69) is 9.98 Å². The second-order valence-corrected chi connectivity index (χ2v) is 4.74.